The van der Waals surface area contributed by atoms with Crippen molar-refractivity contribution in [2.24, 2.45) is 0 Å². The Bertz CT molecular complexity index is 460. The van der Waals surface area contributed by atoms with Gasteiger partial charge in [-0.3, -0.25) is 4.72 Å². The molecule has 0 aliphatic heterocycles. The number of nitrogens with one attached hydrogen (secondary N) is 1. The van der Waals surface area contributed by atoms with Crippen molar-refractivity contribution >= 4 is 31.6 Å². The molecule has 18 heavy (non-hydrogen) atoms. The Kier molecular flexibility index (Phi) is 5.90. The fraction of sp³-hybridized carbons (Fsp3) is 0.455. The maximum Gasteiger partial charge on any atom is 0.242 e. The highest BCUT2D eigenvalue weighted by Gasteiger charge is 2.07. The van der Waals surface area contributed by atoms with Gasteiger partial charge in [-0.05, 0) is 38.4 Å². The van der Waals surface area contributed by atoms with E-state index in [4.69, 9.17) is 4.74 Å². The number of alkyl halides is 1. The SMILES string of the molecule is CN(C)CCOc1ccc(NS(=O)(=O)CBr)cc1. The van der Waals surface area contributed by atoms with Crippen LogP contribution in [0.1, 0.15) is 0 Å². The minimum atomic E-state index is -3.29. The van der Waals surface area contributed by atoms with E-state index >= 15 is 0 Å². The summed E-state index contributed by atoms with van der Waals surface area (Å²) in [5, 5.41) is 0. The highest BCUT2D eigenvalue weighted by molar-refractivity contribution is 9.10. The molecule has 0 heterocycles. The average molecular weight is 337 g/mol. The second-order valence-corrected chi connectivity index (χ2v) is 7.03. The molecule has 1 rings (SSSR count). The molecule has 0 aromatic heterocycles. The van der Waals surface area contributed by atoms with Gasteiger partial charge in [0, 0.05) is 12.2 Å². The van der Waals surface area contributed by atoms with E-state index in [1.807, 2.05) is 19.0 Å². The van der Waals surface area contributed by atoms with Crippen molar-refractivity contribution in [1.82, 2.24) is 4.90 Å². The largest absolute Gasteiger partial charge is 0.492 e. The molecule has 0 aliphatic carbocycles. The van der Waals surface area contributed by atoms with Gasteiger partial charge in [-0.15, -0.1) is 0 Å². The number of hydrogen-bond acceptors (Lipinski definition) is 4. The summed E-state index contributed by atoms with van der Waals surface area (Å²) in [6.45, 7) is 1.43. The number of benzene rings is 1. The van der Waals surface area contributed by atoms with Crippen LogP contribution in [0.2, 0.25) is 0 Å². The van der Waals surface area contributed by atoms with Crippen LogP contribution < -0.4 is 9.46 Å². The number of rotatable bonds is 7. The van der Waals surface area contributed by atoms with Gasteiger partial charge in [-0.1, -0.05) is 15.9 Å². The number of likely N-dealkylation sites (N-methyl/N-ethyl adjacent to an activating group) is 1. The topological polar surface area (TPSA) is 58.6 Å². The Labute approximate surface area is 116 Å². The molecule has 1 aromatic carbocycles. The molecule has 1 N–H and O–H groups in total. The van der Waals surface area contributed by atoms with Crippen molar-refractivity contribution in [1.29, 1.82) is 0 Å². The van der Waals surface area contributed by atoms with Gasteiger partial charge >= 0.3 is 0 Å². The van der Waals surface area contributed by atoms with Gasteiger partial charge < -0.3 is 9.64 Å². The quantitative estimate of drug-likeness (QED) is 0.770. The molecule has 0 saturated carbocycles. The molecule has 0 unspecified atom stereocenters. The zero-order valence-electron chi connectivity index (χ0n) is 10.4. The summed E-state index contributed by atoms with van der Waals surface area (Å²) < 4.78 is 30.4. The van der Waals surface area contributed by atoms with E-state index < -0.39 is 10.0 Å². The maximum atomic E-state index is 11.3. The monoisotopic (exact) mass is 336 g/mol. The fourth-order valence-corrected chi connectivity index (χ4v) is 2.07. The molecular weight excluding hydrogens is 320 g/mol. The van der Waals surface area contributed by atoms with Crippen LogP contribution >= 0.6 is 15.9 Å². The average Bonchev–Trinajstić information content (AvgIpc) is 2.31. The maximum absolute atomic E-state index is 11.3. The van der Waals surface area contributed by atoms with Gasteiger partial charge in [0.05, 0.1) is 0 Å². The first-order chi connectivity index (χ1) is 8.43. The van der Waals surface area contributed by atoms with Crippen LogP contribution in [0, 0.1) is 0 Å². The highest BCUT2D eigenvalue weighted by atomic mass is 79.9. The number of anilines is 1. The lowest BCUT2D eigenvalue weighted by Gasteiger charge is -2.11. The van der Waals surface area contributed by atoms with Crippen LogP contribution in [-0.4, -0.2) is 45.2 Å². The molecule has 0 spiro atoms. The van der Waals surface area contributed by atoms with E-state index in [-0.39, 0.29) is 4.66 Å². The minimum Gasteiger partial charge on any atom is -0.492 e. The van der Waals surface area contributed by atoms with Gasteiger partial charge in [-0.2, -0.15) is 0 Å². The van der Waals surface area contributed by atoms with Crippen molar-refractivity contribution in [3.8, 4) is 5.75 Å². The summed E-state index contributed by atoms with van der Waals surface area (Å²) in [6, 6.07) is 6.82. The zero-order chi connectivity index (χ0) is 13.6. The first-order valence-electron chi connectivity index (χ1n) is 5.37. The van der Waals surface area contributed by atoms with E-state index in [9.17, 15) is 8.42 Å². The summed E-state index contributed by atoms with van der Waals surface area (Å²) in [5.41, 5.74) is 0.523. The molecule has 5 nitrogen and oxygen atoms in total. The number of nitrogens with zero attached hydrogens (tertiary/aromatic N) is 1. The predicted octanol–water partition coefficient (Wildman–Crippen LogP) is 1.72. The summed E-state index contributed by atoms with van der Waals surface area (Å²) >= 11 is 2.91. The van der Waals surface area contributed by atoms with Crippen LogP contribution in [-0.2, 0) is 10.0 Å². The van der Waals surface area contributed by atoms with Gasteiger partial charge in [0.2, 0.25) is 10.0 Å². The molecule has 1 aromatic rings. The molecule has 0 atom stereocenters. The van der Waals surface area contributed by atoms with E-state index in [1.165, 1.54) is 0 Å². The third kappa shape index (κ3) is 5.70. The van der Waals surface area contributed by atoms with Gasteiger partial charge in [0.1, 0.15) is 17.0 Å². The minimum absolute atomic E-state index is 0.124. The normalized spacial score (nSPS) is 11.6. The van der Waals surface area contributed by atoms with Crippen LogP contribution in [0.4, 0.5) is 5.69 Å². The van der Waals surface area contributed by atoms with E-state index in [1.54, 1.807) is 24.3 Å². The van der Waals surface area contributed by atoms with Gasteiger partial charge in [-0.25, -0.2) is 8.42 Å². The summed E-state index contributed by atoms with van der Waals surface area (Å²) in [4.78, 5) is 2.03. The standard InChI is InChI=1S/C11H17BrN2O3S/c1-14(2)7-8-17-11-5-3-10(4-6-11)13-18(15,16)9-12/h3-6,13H,7-9H2,1-2H3. The first kappa shape index (κ1) is 15.3. The van der Waals surface area contributed by atoms with Crippen LogP contribution in [0.15, 0.2) is 24.3 Å². The van der Waals surface area contributed by atoms with Crippen LogP contribution in [0.5, 0.6) is 5.75 Å². The van der Waals surface area contributed by atoms with E-state index in [2.05, 4.69) is 20.7 Å². The number of ether oxygens (including phenoxy) is 1. The van der Waals surface area contributed by atoms with Gasteiger partial charge in [0.15, 0.2) is 0 Å². The Morgan fingerprint density at radius 3 is 2.39 bits per heavy atom. The number of hydrogen-bond donors (Lipinski definition) is 1. The van der Waals surface area contributed by atoms with E-state index in [0.717, 1.165) is 12.3 Å². The highest BCUT2D eigenvalue weighted by Crippen LogP contribution is 2.17. The Morgan fingerprint density at radius 2 is 1.89 bits per heavy atom. The fourth-order valence-electron chi connectivity index (χ4n) is 1.17. The van der Waals surface area contributed by atoms with Crippen molar-refractivity contribution in [3.05, 3.63) is 24.3 Å². The molecule has 0 fully saturated rings. The van der Waals surface area contributed by atoms with Gasteiger partial charge in [0.25, 0.3) is 0 Å². The third-order valence-electron chi connectivity index (χ3n) is 2.08. The molecule has 0 bridgehead atoms. The van der Waals surface area contributed by atoms with Crippen molar-refractivity contribution in [3.63, 3.8) is 0 Å². The third-order valence-corrected chi connectivity index (χ3v) is 4.72. The smallest absolute Gasteiger partial charge is 0.242 e. The van der Waals surface area contributed by atoms with Crippen molar-refractivity contribution < 1.29 is 13.2 Å². The molecule has 102 valence electrons. The lowest BCUT2D eigenvalue weighted by Crippen LogP contribution is -2.19. The van der Waals surface area contributed by atoms with Crippen LogP contribution in [0.25, 0.3) is 0 Å². The molecular formula is C11H17BrN2O3S. The Morgan fingerprint density at radius 1 is 1.28 bits per heavy atom. The zero-order valence-corrected chi connectivity index (χ0v) is 12.8. The molecule has 0 saturated heterocycles. The Hall–Kier alpha value is -0.790. The predicted molar refractivity (Wildman–Crippen MR) is 76.8 cm³/mol. The first-order valence-corrected chi connectivity index (χ1v) is 8.14. The molecule has 7 heteroatoms. The summed E-state index contributed by atoms with van der Waals surface area (Å²) in [6.07, 6.45) is 0. The number of halogens is 1. The van der Waals surface area contributed by atoms with Crippen molar-refractivity contribution in [2.75, 3.05) is 36.6 Å². The summed E-state index contributed by atoms with van der Waals surface area (Å²) in [7, 11) is 0.653. The second kappa shape index (κ2) is 6.96. The van der Waals surface area contributed by atoms with Crippen LogP contribution in [0.3, 0.4) is 0 Å². The lowest BCUT2D eigenvalue weighted by molar-refractivity contribution is 0.261. The molecule has 0 radical (unpaired) electrons. The number of sulfonamides is 1. The second-order valence-electron chi connectivity index (χ2n) is 4.00. The van der Waals surface area contributed by atoms with E-state index in [0.29, 0.717) is 12.3 Å². The lowest BCUT2D eigenvalue weighted by atomic mass is 10.3. The van der Waals surface area contributed by atoms with Crippen molar-refractivity contribution in [2.45, 2.75) is 0 Å². The molecule has 0 amide bonds. The summed E-state index contributed by atoms with van der Waals surface area (Å²) in [5.74, 6) is 0.721. The Balaban J connectivity index is 2.52. The molecule has 0 aliphatic rings.